The van der Waals surface area contributed by atoms with E-state index < -0.39 is 12.4 Å². The zero-order valence-electron chi connectivity index (χ0n) is 34.1. The number of carbonyl (C=O) groups excluding carboxylic acids is 2. The van der Waals surface area contributed by atoms with E-state index in [1.807, 2.05) is 19.9 Å². The van der Waals surface area contributed by atoms with Crippen molar-refractivity contribution in [3.8, 4) is 0 Å². The van der Waals surface area contributed by atoms with Gasteiger partial charge in [0.15, 0.2) is 18.4 Å². The SMILES string of the molecule is CC/C=C/C1CCC[C@H](O[C@H]2CC[C@H](N(C)C)[C@@H](C)O2)[C@@H](C)C(=O)C2=CC3C(C=CC4C[C@@H](O[C@@H]5O[C@@H](C)[C@H](OC)[C@@H](OC)[C@H]5OC)CC43)C2CC(=O)O1. The minimum absolute atomic E-state index is 0.0270. The molecule has 0 aromatic heterocycles. The number of fused-ring (bicyclic) bond motifs is 5. The summed E-state index contributed by atoms with van der Waals surface area (Å²) in [6.07, 6.45) is 14.6. The number of esters is 1. The zero-order chi connectivity index (χ0) is 38.7. The molecule has 3 aliphatic carbocycles. The molecule has 0 N–H and O–H groups in total. The van der Waals surface area contributed by atoms with E-state index in [2.05, 4.69) is 57.1 Å². The van der Waals surface area contributed by atoms with Gasteiger partial charge in [-0.05, 0) is 115 Å². The topological polar surface area (TPSA) is 111 Å². The summed E-state index contributed by atoms with van der Waals surface area (Å²) in [7, 11) is 9.15. The molecule has 54 heavy (non-hydrogen) atoms. The number of Topliss-reactive ketones (excluding diaryl/α,β-unsaturated/α-hetero) is 1. The minimum atomic E-state index is -0.600. The quantitative estimate of drug-likeness (QED) is 0.192. The highest BCUT2D eigenvalue weighted by Crippen LogP contribution is 2.54. The second kappa shape index (κ2) is 18.5. The Bertz CT molecular complexity index is 1370. The highest BCUT2D eigenvalue weighted by molar-refractivity contribution is 5.99. The molecule has 6 rings (SSSR count). The predicted octanol–water partition coefficient (Wildman–Crippen LogP) is 6.04. The average molecular weight is 758 g/mol. The standard InChI is InChI=1S/C43H67NO10/c1-10-11-13-28-14-12-15-36(54-38-19-18-35(44(5)6)25(3)50-38)24(2)39(46)34-22-32-30(33(34)23-37(45)52-28)17-16-27-20-29(21-31(27)32)53-43-42(49-9)41(48-8)40(47-7)26(4)51-43/h11,13,16-17,22,24-33,35-36,38,40-43H,10,12,14-15,18-21,23H2,1-9H3/b13-11+/t24-,25-,26+,27?,28?,29-,30?,31?,32?,33?,35+,36+,38+,40+,41-,42-,43+/m1/s1. The molecule has 0 aromatic carbocycles. The highest BCUT2D eigenvalue weighted by atomic mass is 16.7. The van der Waals surface area contributed by atoms with E-state index in [0.717, 1.165) is 44.1 Å². The third kappa shape index (κ3) is 8.94. The summed E-state index contributed by atoms with van der Waals surface area (Å²) in [6.45, 7) is 8.17. The number of cyclic esters (lactones) is 1. The van der Waals surface area contributed by atoms with Gasteiger partial charge in [0.05, 0.1) is 30.8 Å². The Kier molecular flexibility index (Phi) is 14.3. The first-order chi connectivity index (χ1) is 26.0. The third-order valence-electron chi connectivity index (χ3n) is 13.3. The molecule has 3 heterocycles. The van der Waals surface area contributed by atoms with Crippen LogP contribution in [0.2, 0.25) is 0 Å². The van der Waals surface area contributed by atoms with Crippen LogP contribution >= 0.6 is 0 Å². The summed E-state index contributed by atoms with van der Waals surface area (Å²) in [6, 6.07) is 0.330. The predicted molar refractivity (Wildman–Crippen MR) is 203 cm³/mol. The number of rotatable bonds is 10. The van der Waals surface area contributed by atoms with E-state index >= 15 is 0 Å². The van der Waals surface area contributed by atoms with E-state index in [0.29, 0.717) is 18.9 Å². The van der Waals surface area contributed by atoms with Crippen molar-refractivity contribution in [3.63, 3.8) is 0 Å². The summed E-state index contributed by atoms with van der Waals surface area (Å²) >= 11 is 0. The van der Waals surface area contributed by atoms with Crippen LogP contribution in [-0.4, -0.2) is 120 Å². The second-order valence-electron chi connectivity index (χ2n) is 16.8. The van der Waals surface area contributed by atoms with E-state index in [1.54, 1.807) is 21.3 Å². The maximum absolute atomic E-state index is 14.7. The molecule has 6 aliphatic rings. The molecule has 17 atom stereocenters. The van der Waals surface area contributed by atoms with Crippen LogP contribution in [0.25, 0.3) is 0 Å². The first-order valence-corrected chi connectivity index (χ1v) is 20.6. The van der Waals surface area contributed by atoms with Gasteiger partial charge in [-0.25, -0.2) is 0 Å². The molecule has 0 bridgehead atoms. The molecule has 3 aliphatic heterocycles. The zero-order valence-corrected chi connectivity index (χ0v) is 34.1. The maximum Gasteiger partial charge on any atom is 0.307 e. The molecular weight excluding hydrogens is 690 g/mol. The number of ether oxygens (including phenoxy) is 8. The Morgan fingerprint density at radius 1 is 0.852 bits per heavy atom. The number of hydrogen-bond acceptors (Lipinski definition) is 11. The fraction of sp³-hybridized carbons (Fsp3) is 0.814. The first kappa shape index (κ1) is 41.7. The van der Waals surface area contributed by atoms with Crippen LogP contribution in [0.5, 0.6) is 0 Å². The number of methoxy groups -OCH3 is 3. The van der Waals surface area contributed by atoms with Crippen molar-refractivity contribution in [2.45, 2.75) is 153 Å². The molecule has 1 saturated carbocycles. The molecule has 0 spiro atoms. The Labute approximate surface area is 323 Å². The fourth-order valence-electron chi connectivity index (χ4n) is 10.5. The Hall–Kier alpha value is -1.96. The number of ketones is 1. The molecule has 11 nitrogen and oxygen atoms in total. The lowest BCUT2D eigenvalue weighted by molar-refractivity contribution is -0.314. The molecule has 304 valence electrons. The van der Waals surface area contributed by atoms with Gasteiger partial charge in [-0.3, -0.25) is 9.59 Å². The van der Waals surface area contributed by atoms with Crippen LogP contribution in [0, 0.1) is 35.5 Å². The van der Waals surface area contributed by atoms with Crippen LogP contribution < -0.4 is 0 Å². The lowest BCUT2D eigenvalue weighted by Gasteiger charge is -2.44. The normalized spacial score (nSPS) is 44.6. The molecule has 6 unspecified atom stereocenters. The number of allylic oxidation sites excluding steroid dienone is 5. The van der Waals surface area contributed by atoms with E-state index in [4.69, 9.17) is 37.9 Å². The highest BCUT2D eigenvalue weighted by Gasteiger charge is 2.52. The fourth-order valence-corrected chi connectivity index (χ4v) is 10.5. The third-order valence-corrected chi connectivity index (χ3v) is 13.3. The van der Waals surface area contributed by atoms with E-state index in [-0.39, 0.29) is 103 Å². The van der Waals surface area contributed by atoms with Crippen LogP contribution in [-0.2, 0) is 47.5 Å². The van der Waals surface area contributed by atoms with Crippen molar-refractivity contribution in [3.05, 3.63) is 36.0 Å². The molecule has 0 radical (unpaired) electrons. The molecule has 4 fully saturated rings. The van der Waals surface area contributed by atoms with Gasteiger partial charge in [0.1, 0.15) is 24.4 Å². The van der Waals surface area contributed by atoms with E-state index in [9.17, 15) is 9.59 Å². The van der Waals surface area contributed by atoms with Crippen molar-refractivity contribution in [2.75, 3.05) is 35.4 Å². The summed E-state index contributed by atoms with van der Waals surface area (Å²) in [5.74, 6) is -0.122. The van der Waals surface area contributed by atoms with Gasteiger partial charge >= 0.3 is 5.97 Å². The van der Waals surface area contributed by atoms with Crippen LogP contribution in [0.3, 0.4) is 0 Å². The summed E-state index contributed by atoms with van der Waals surface area (Å²) in [5.41, 5.74) is 0.752. The molecule has 0 aromatic rings. The van der Waals surface area contributed by atoms with Gasteiger partial charge in [-0.2, -0.15) is 0 Å². The number of likely N-dealkylation sites (N-methyl/N-ethyl adjacent to an activating group) is 1. The molecule has 0 amide bonds. The van der Waals surface area contributed by atoms with Crippen LogP contribution in [0.1, 0.15) is 85.5 Å². The lowest BCUT2D eigenvalue weighted by Crippen LogP contribution is -2.59. The molecule has 3 saturated heterocycles. The van der Waals surface area contributed by atoms with Crippen molar-refractivity contribution < 1.29 is 47.5 Å². The first-order valence-electron chi connectivity index (χ1n) is 20.6. The molecular formula is C43H67NO10. The monoisotopic (exact) mass is 757 g/mol. The summed E-state index contributed by atoms with van der Waals surface area (Å²) < 4.78 is 49.7. The maximum atomic E-state index is 14.7. The largest absolute Gasteiger partial charge is 0.458 e. The summed E-state index contributed by atoms with van der Waals surface area (Å²) in [4.78, 5) is 30.6. The molecule has 11 heteroatoms. The van der Waals surface area contributed by atoms with Crippen molar-refractivity contribution in [1.82, 2.24) is 4.90 Å². The van der Waals surface area contributed by atoms with Gasteiger partial charge in [-0.1, -0.05) is 38.2 Å². The smallest absolute Gasteiger partial charge is 0.307 e. The van der Waals surface area contributed by atoms with Gasteiger partial charge in [-0.15, -0.1) is 0 Å². The van der Waals surface area contributed by atoms with Crippen molar-refractivity contribution >= 4 is 11.8 Å². The number of carbonyl (C=O) groups is 2. The summed E-state index contributed by atoms with van der Waals surface area (Å²) in [5, 5.41) is 0. The minimum Gasteiger partial charge on any atom is -0.458 e. The lowest BCUT2D eigenvalue weighted by atomic mass is 9.70. The number of hydrogen-bond donors (Lipinski definition) is 0. The Morgan fingerprint density at radius 3 is 2.30 bits per heavy atom. The van der Waals surface area contributed by atoms with Gasteiger partial charge in [0.2, 0.25) is 0 Å². The van der Waals surface area contributed by atoms with Gasteiger partial charge < -0.3 is 42.8 Å². The number of nitrogens with zero attached hydrogens (tertiary/aromatic N) is 1. The average Bonchev–Trinajstić information content (AvgIpc) is 3.72. The van der Waals surface area contributed by atoms with Crippen LogP contribution in [0.15, 0.2) is 36.0 Å². The van der Waals surface area contributed by atoms with E-state index in [1.165, 1.54) is 0 Å². The van der Waals surface area contributed by atoms with Crippen molar-refractivity contribution in [1.29, 1.82) is 0 Å². The van der Waals surface area contributed by atoms with Crippen LogP contribution in [0.4, 0.5) is 0 Å². The van der Waals surface area contributed by atoms with Gasteiger partial charge in [0, 0.05) is 39.2 Å². The second-order valence-corrected chi connectivity index (χ2v) is 16.8. The van der Waals surface area contributed by atoms with Crippen molar-refractivity contribution in [2.24, 2.45) is 35.5 Å². The Morgan fingerprint density at radius 2 is 1.61 bits per heavy atom. The Balaban J connectivity index is 1.22. The van der Waals surface area contributed by atoms with Gasteiger partial charge in [0.25, 0.3) is 0 Å².